The normalized spacial score (nSPS) is 23.9. The molecule has 3 aromatic rings. The van der Waals surface area contributed by atoms with E-state index in [1.54, 1.807) is 18.3 Å². The second-order valence-corrected chi connectivity index (χ2v) is 15.3. The van der Waals surface area contributed by atoms with Crippen LogP contribution in [0.3, 0.4) is 0 Å². The largest absolute Gasteiger partial charge is 0.446 e. The minimum atomic E-state index is -2.94. The van der Waals surface area contributed by atoms with Gasteiger partial charge in [0.2, 0.25) is 12.2 Å². The molecule has 0 bridgehead atoms. The van der Waals surface area contributed by atoms with Gasteiger partial charge in [-0.25, -0.2) is 4.98 Å². The third-order valence-corrected chi connectivity index (χ3v) is 12.3. The highest BCUT2D eigenvalue weighted by Gasteiger charge is 2.52. The Kier molecular flexibility index (Phi) is 8.89. The van der Waals surface area contributed by atoms with Crippen LogP contribution in [-0.2, 0) is 9.16 Å². The Bertz CT molecular complexity index is 1220. The van der Waals surface area contributed by atoms with E-state index in [9.17, 15) is 10.2 Å². The van der Waals surface area contributed by atoms with Crippen molar-refractivity contribution >= 4 is 34.6 Å². The van der Waals surface area contributed by atoms with Gasteiger partial charge in [-0.3, -0.25) is 0 Å². The van der Waals surface area contributed by atoms with E-state index in [2.05, 4.69) is 76.0 Å². The van der Waals surface area contributed by atoms with Gasteiger partial charge < -0.3 is 24.1 Å². The summed E-state index contributed by atoms with van der Waals surface area (Å²) in [5.41, 5.74) is 9.09. The summed E-state index contributed by atoms with van der Waals surface area (Å²) < 4.78 is 19.5. The Balaban J connectivity index is 1.69. The molecule has 1 aliphatic rings. The Morgan fingerprint density at radius 3 is 2.13 bits per heavy atom. The molecule has 1 aromatic heterocycles. The van der Waals surface area contributed by atoms with Gasteiger partial charge in [-0.05, 0) is 49.0 Å². The van der Waals surface area contributed by atoms with Crippen molar-refractivity contribution in [2.24, 2.45) is 5.11 Å². The highest BCUT2D eigenvalue weighted by atomic mass is 79.9. The summed E-state index contributed by atoms with van der Waals surface area (Å²) in [6.45, 7) is 6.41. The second-order valence-electron chi connectivity index (χ2n) is 10.1. The number of nitrogens with zero attached hydrogens (tertiary/aromatic N) is 4. The van der Waals surface area contributed by atoms with Crippen LogP contribution in [0.5, 0.6) is 5.88 Å². The number of aliphatic hydroxyl groups is 2. The highest BCUT2D eigenvalue weighted by molar-refractivity contribution is 9.10. The van der Waals surface area contributed by atoms with E-state index in [0.717, 1.165) is 10.4 Å². The Morgan fingerprint density at radius 1 is 1.00 bits per heavy atom. The van der Waals surface area contributed by atoms with E-state index in [-0.39, 0.29) is 17.5 Å². The van der Waals surface area contributed by atoms with Gasteiger partial charge in [0.25, 0.3) is 8.32 Å². The van der Waals surface area contributed by atoms with Gasteiger partial charge in [-0.1, -0.05) is 86.5 Å². The van der Waals surface area contributed by atoms with Crippen molar-refractivity contribution in [1.29, 1.82) is 0 Å². The van der Waals surface area contributed by atoms with Crippen LogP contribution in [0.1, 0.15) is 20.8 Å². The lowest BCUT2D eigenvalue weighted by molar-refractivity contribution is -0.238. The number of aromatic nitrogens is 1. The van der Waals surface area contributed by atoms with Crippen LogP contribution in [0.25, 0.3) is 10.4 Å². The second kappa shape index (κ2) is 12.0. The number of halogens is 1. The maximum absolute atomic E-state index is 11.0. The molecule has 5 atom stereocenters. The molecule has 0 amide bonds. The van der Waals surface area contributed by atoms with Crippen molar-refractivity contribution in [3.63, 3.8) is 0 Å². The molecule has 0 radical (unpaired) electrons. The lowest BCUT2D eigenvalue weighted by atomic mass is 9.98. The molecule has 11 heteroatoms. The Labute approximate surface area is 231 Å². The van der Waals surface area contributed by atoms with Gasteiger partial charge in [-0.2, -0.15) is 0 Å². The van der Waals surface area contributed by atoms with E-state index in [4.69, 9.17) is 19.4 Å². The van der Waals surface area contributed by atoms with Gasteiger partial charge in [0.05, 0.1) is 17.2 Å². The smallest absolute Gasteiger partial charge is 0.261 e. The number of pyridine rings is 1. The zero-order chi connectivity index (χ0) is 27.3. The maximum Gasteiger partial charge on any atom is 0.261 e. The molecular weight excluding hydrogens is 568 g/mol. The predicted molar refractivity (Wildman–Crippen MR) is 150 cm³/mol. The zero-order valence-corrected chi connectivity index (χ0v) is 24.0. The van der Waals surface area contributed by atoms with Crippen LogP contribution in [0, 0.1) is 0 Å². The molecule has 200 valence electrons. The zero-order valence-electron chi connectivity index (χ0n) is 21.4. The third-order valence-electron chi connectivity index (χ3n) is 6.69. The minimum absolute atomic E-state index is 0.0300. The Hall–Kier alpha value is -2.76. The molecule has 2 aromatic carbocycles. The fraction of sp³-hybridized carbons (Fsp3) is 0.370. The van der Waals surface area contributed by atoms with E-state index >= 15 is 0 Å². The lowest BCUT2D eigenvalue weighted by Gasteiger charge is -2.45. The van der Waals surface area contributed by atoms with Crippen LogP contribution in [0.2, 0.25) is 5.04 Å². The van der Waals surface area contributed by atoms with E-state index < -0.39 is 39.0 Å². The number of rotatable bonds is 8. The molecule has 5 unspecified atom stereocenters. The summed E-state index contributed by atoms with van der Waals surface area (Å²) in [4.78, 5) is 7.00. The van der Waals surface area contributed by atoms with Crippen molar-refractivity contribution in [3.05, 3.63) is 93.9 Å². The van der Waals surface area contributed by atoms with E-state index in [0.29, 0.717) is 4.47 Å². The molecule has 38 heavy (non-hydrogen) atoms. The van der Waals surface area contributed by atoms with Gasteiger partial charge in [0.1, 0.15) is 18.2 Å². The summed E-state index contributed by atoms with van der Waals surface area (Å²) in [5.74, 6) is 0.200. The molecule has 1 fully saturated rings. The average molecular weight is 600 g/mol. The first-order valence-electron chi connectivity index (χ1n) is 12.3. The molecule has 0 saturated carbocycles. The maximum atomic E-state index is 11.0. The average Bonchev–Trinajstić information content (AvgIpc) is 2.91. The number of aliphatic hydroxyl groups excluding tert-OH is 2. The summed E-state index contributed by atoms with van der Waals surface area (Å²) >= 11 is 3.38. The Morgan fingerprint density at radius 2 is 1.61 bits per heavy atom. The van der Waals surface area contributed by atoms with Crippen molar-refractivity contribution < 1.29 is 24.1 Å². The highest BCUT2D eigenvalue weighted by Crippen LogP contribution is 2.38. The number of hydrogen-bond acceptors (Lipinski definition) is 7. The first-order chi connectivity index (χ1) is 18.2. The van der Waals surface area contributed by atoms with Gasteiger partial charge in [-0.15, -0.1) is 0 Å². The number of azide groups is 1. The number of benzene rings is 2. The molecule has 1 aliphatic heterocycles. The summed E-state index contributed by atoms with van der Waals surface area (Å²) in [6.07, 6.45) is -3.46. The first-order valence-corrected chi connectivity index (χ1v) is 15.0. The van der Waals surface area contributed by atoms with Crippen molar-refractivity contribution in [3.8, 4) is 5.88 Å². The van der Waals surface area contributed by atoms with E-state index in [1.165, 1.54) is 0 Å². The number of hydrogen-bond donors (Lipinski definition) is 2. The van der Waals surface area contributed by atoms with Crippen molar-refractivity contribution in [1.82, 2.24) is 4.98 Å². The molecule has 9 nitrogen and oxygen atoms in total. The molecule has 1 saturated heterocycles. The van der Waals surface area contributed by atoms with E-state index in [1.807, 2.05) is 36.4 Å². The summed E-state index contributed by atoms with van der Waals surface area (Å²) in [7, 11) is -2.94. The van der Waals surface area contributed by atoms with Crippen LogP contribution in [0.4, 0.5) is 0 Å². The third kappa shape index (κ3) is 5.64. The molecular formula is C27H31BrN4O5Si. The summed E-state index contributed by atoms with van der Waals surface area (Å²) in [6, 6.07) is 22.4. The fourth-order valence-corrected chi connectivity index (χ4v) is 9.79. The number of ether oxygens (including phenoxy) is 2. The monoisotopic (exact) mass is 598 g/mol. The van der Waals surface area contributed by atoms with Gasteiger partial charge in [0.15, 0.2) is 0 Å². The quantitative estimate of drug-likeness (QED) is 0.175. The molecule has 2 heterocycles. The molecule has 0 aliphatic carbocycles. The predicted octanol–water partition coefficient (Wildman–Crippen LogP) is 3.93. The minimum Gasteiger partial charge on any atom is -0.446 e. The van der Waals surface area contributed by atoms with Crippen LogP contribution >= 0.6 is 15.9 Å². The molecule has 4 rings (SSSR count). The van der Waals surface area contributed by atoms with Gasteiger partial charge >= 0.3 is 0 Å². The lowest BCUT2D eigenvalue weighted by Crippen LogP contribution is -2.68. The SMILES string of the molecule is CC(C)(C)[Si](OCC1OC(Oc2ncccc2Br)C(N=[N+]=[N-])C(O)C1O)(c1ccccc1)c1ccccc1. The molecule has 2 N–H and O–H groups in total. The van der Waals surface area contributed by atoms with Crippen molar-refractivity contribution in [2.45, 2.75) is 56.5 Å². The topological polar surface area (TPSA) is 130 Å². The first kappa shape index (κ1) is 28.3. The molecule has 0 spiro atoms. The summed E-state index contributed by atoms with van der Waals surface area (Å²) in [5, 5.41) is 27.4. The fourth-order valence-electron chi connectivity index (χ4n) is 4.87. The van der Waals surface area contributed by atoms with Crippen molar-refractivity contribution in [2.75, 3.05) is 6.61 Å². The van der Waals surface area contributed by atoms with Gasteiger partial charge in [0, 0.05) is 11.1 Å². The van der Waals surface area contributed by atoms with Crippen LogP contribution in [-0.4, -0.2) is 60.8 Å². The standard InChI is InChI=1S/C27H31BrN4O5Si/c1-27(2,3)38(18-11-6-4-7-12-18,19-13-8-5-9-14-19)35-17-21-23(33)24(34)22(31-32-29)26(36-21)37-25-20(28)15-10-16-30-25/h4-16,21-24,26,33-34H,17H2,1-3H3. The van der Waals surface area contributed by atoms with Crippen LogP contribution < -0.4 is 15.1 Å². The van der Waals surface area contributed by atoms with Crippen LogP contribution in [0.15, 0.2) is 88.6 Å².